The van der Waals surface area contributed by atoms with Gasteiger partial charge in [-0.05, 0) is 18.7 Å². The van der Waals surface area contributed by atoms with Crippen molar-refractivity contribution in [2.75, 3.05) is 32.7 Å². The van der Waals surface area contributed by atoms with Crippen molar-refractivity contribution in [3.8, 4) is 0 Å². The summed E-state index contributed by atoms with van der Waals surface area (Å²) in [5.41, 5.74) is 4.43. The monoisotopic (exact) mass is 406 g/mol. The lowest BCUT2D eigenvalue weighted by Gasteiger charge is -2.40. The highest BCUT2D eigenvalue weighted by Gasteiger charge is 2.54. The highest BCUT2D eigenvalue weighted by molar-refractivity contribution is 7.86. The van der Waals surface area contributed by atoms with Crippen molar-refractivity contribution < 1.29 is 28.4 Å². The first-order valence-electron chi connectivity index (χ1n) is 9.34. The lowest BCUT2D eigenvalue weighted by molar-refractivity contribution is -0.144. The van der Waals surface area contributed by atoms with Crippen LogP contribution in [0.2, 0.25) is 6.32 Å². The molecule has 2 saturated heterocycles. The van der Waals surface area contributed by atoms with Gasteiger partial charge < -0.3 is 26.2 Å². The Bertz CT molecular complexity index is 630. The summed E-state index contributed by atoms with van der Waals surface area (Å²) in [5, 5.41) is 30.7. The van der Waals surface area contributed by atoms with E-state index in [0.717, 1.165) is 0 Å². The Labute approximate surface area is 161 Å². The summed E-state index contributed by atoms with van der Waals surface area (Å²) >= 11 is 0. The van der Waals surface area contributed by atoms with Crippen LogP contribution in [0.1, 0.15) is 26.7 Å². The Hall–Kier alpha value is -0.755. The highest BCUT2D eigenvalue weighted by Crippen LogP contribution is 2.33. The third-order valence-corrected chi connectivity index (χ3v) is 7.31. The predicted octanol–water partition coefficient (Wildman–Crippen LogP) is -1.87. The van der Waals surface area contributed by atoms with E-state index in [9.17, 15) is 18.3 Å². The molecule has 0 amide bonds. The minimum absolute atomic E-state index is 0.0153. The number of carboxylic acid groups (broad SMARTS) is 1. The number of aliphatic carboxylic acids is 1. The van der Waals surface area contributed by atoms with Gasteiger partial charge in [-0.2, -0.15) is 17.0 Å². The van der Waals surface area contributed by atoms with Gasteiger partial charge in [-0.1, -0.05) is 20.3 Å². The van der Waals surface area contributed by atoms with E-state index in [2.05, 4.69) is 5.32 Å². The van der Waals surface area contributed by atoms with Crippen molar-refractivity contribution in [3.63, 3.8) is 0 Å². The van der Waals surface area contributed by atoms with Gasteiger partial charge in [0.05, 0.1) is 6.04 Å². The predicted molar refractivity (Wildman–Crippen MR) is 101 cm³/mol. The van der Waals surface area contributed by atoms with Crippen molar-refractivity contribution in [2.45, 2.75) is 44.6 Å². The molecule has 0 aromatic heterocycles. The maximum atomic E-state index is 13.2. The van der Waals surface area contributed by atoms with Crippen LogP contribution >= 0.6 is 0 Å². The minimum Gasteiger partial charge on any atom is -0.480 e. The molecule has 0 aliphatic carbocycles. The molecular formula is C15H31BN4O6S. The fourth-order valence-electron chi connectivity index (χ4n) is 3.62. The van der Waals surface area contributed by atoms with Gasteiger partial charge in [0, 0.05) is 38.6 Å². The number of carboxylic acids is 1. The van der Waals surface area contributed by atoms with Crippen LogP contribution in [0.25, 0.3) is 0 Å². The molecule has 10 nitrogen and oxygen atoms in total. The van der Waals surface area contributed by atoms with E-state index in [1.165, 1.54) is 8.61 Å². The molecule has 0 bridgehead atoms. The standard InChI is InChI=1S/C15H31BN4O6S/c1-11(2)8-20(13-6-18-7-13)27(25,26)19-9-12(4-3-5-16(23)24)15(17,10-19)14(21)22/h11-13,18,23-24H,3-10,17H2,1-2H3,(H,21,22)/t12-,15-/m0/s1. The molecule has 0 radical (unpaired) electrons. The van der Waals surface area contributed by atoms with Gasteiger partial charge in [-0.15, -0.1) is 0 Å². The first kappa shape index (κ1) is 22.5. The van der Waals surface area contributed by atoms with Crippen LogP contribution in [-0.4, -0.2) is 89.6 Å². The molecule has 0 aromatic carbocycles. The van der Waals surface area contributed by atoms with Crippen LogP contribution in [0.5, 0.6) is 0 Å². The second kappa shape index (κ2) is 8.72. The van der Waals surface area contributed by atoms with E-state index in [1.54, 1.807) is 0 Å². The minimum atomic E-state index is -3.85. The molecule has 12 heteroatoms. The summed E-state index contributed by atoms with van der Waals surface area (Å²) in [7, 11) is -5.33. The molecule has 2 fully saturated rings. The molecule has 27 heavy (non-hydrogen) atoms. The molecule has 0 saturated carbocycles. The third-order valence-electron chi connectivity index (χ3n) is 5.34. The molecule has 2 atom stereocenters. The maximum Gasteiger partial charge on any atom is 0.451 e. The van der Waals surface area contributed by atoms with E-state index in [0.29, 0.717) is 32.5 Å². The number of carbonyl (C=O) groups is 1. The fraction of sp³-hybridized carbons (Fsp3) is 0.933. The van der Waals surface area contributed by atoms with Crippen molar-refractivity contribution in [1.29, 1.82) is 0 Å². The maximum absolute atomic E-state index is 13.2. The zero-order chi connectivity index (χ0) is 20.4. The Morgan fingerprint density at radius 3 is 2.48 bits per heavy atom. The first-order chi connectivity index (χ1) is 12.5. The van der Waals surface area contributed by atoms with E-state index in [1.807, 2.05) is 13.8 Å². The van der Waals surface area contributed by atoms with Gasteiger partial charge in [-0.3, -0.25) is 4.79 Å². The van der Waals surface area contributed by atoms with Gasteiger partial charge in [0.1, 0.15) is 5.54 Å². The largest absolute Gasteiger partial charge is 0.480 e. The highest BCUT2D eigenvalue weighted by atomic mass is 32.2. The van der Waals surface area contributed by atoms with E-state index >= 15 is 0 Å². The van der Waals surface area contributed by atoms with Crippen molar-refractivity contribution in [1.82, 2.24) is 13.9 Å². The lowest BCUT2D eigenvalue weighted by atomic mass is 9.78. The van der Waals surface area contributed by atoms with Crippen LogP contribution in [0.4, 0.5) is 0 Å². The summed E-state index contributed by atoms with van der Waals surface area (Å²) in [6.07, 6.45) is 0.748. The fourth-order valence-corrected chi connectivity index (χ4v) is 5.68. The summed E-state index contributed by atoms with van der Waals surface area (Å²) in [6, 6.07) is -0.141. The molecule has 0 unspecified atom stereocenters. The number of nitrogens with zero attached hydrogens (tertiary/aromatic N) is 2. The van der Waals surface area contributed by atoms with Gasteiger partial charge in [-0.25, -0.2) is 0 Å². The molecule has 6 N–H and O–H groups in total. The van der Waals surface area contributed by atoms with Crippen molar-refractivity contribution in [3.05, 3.63) is 0 Å². The Balaban J connectivity index is 2.19. The van der Waals surface area contributed by atoms with Crippen LogP contribution < -0.4 is 11.1 Å². The van der Waals surface area contributed by atoms with E-state index < -0.39 is 34.8 Å². The topological polar surface area (TPSA) is 156 Å². The molecule has 2 rings (SSSR count). The molecule has 156 valence electrons. The van der Waals surface area contributed by atoms with E-state index in [4.69, 9.17) is 15.8 Å². The zero-order valence-corrected chi connectivity index (χ0v) is 16.7. The van der Waals surface area contributed by atoms with Crippen LogP contribution in [0, 0.1) is 11.8 Å². The Kier molecular flexibility index (Phi) is 7.28. The molecule has 2 heterocycles. The quantitative estimate of drug-likeness (QED) is 0.264. The number of nitrogens with two attached hydrogens (primary N) is 1. The summed E-state index contributed by atoms with van der Waals surface area (Å²) in [5.74, 6) is -1.70. The van der Waals surface area contributed by atoms with Gasteiger partial charge in [0.15, 0.2) is 0 Å². The molecule has 0 spiro atoms. The van der Waals surface area contributed by atoms with Crippen LogP contribution in [0.3, 0.4) is 0 Å². The van der Waals surface area contributed by atoms with E-state index in [-0.39, 0.29) is 31.4 Å². The normalized spacial score (nSPS) is 27.3. The summed E-state index contributed by atoms with van der Waals surface area (Å²) < 4.78 is 29.1. The zero-order valence-electron chi connectivity index (χ0n) is 15.9. The van der Waals surface area contributed by atoms with Crippen LogP contribution in [-0.2, 0) is 15.0 Å². The second-order valence-electron chi connectivity index (χ2n) is 8.03. The Morgan fingerprint density at radius 2 is 2.04 bits per heavy atom. The Morgan fingerprint density at radius 1 is 1.41 bits per heavy atom. The SMILES string of the molecule is CC(C)CN(C1CNC1)S(=O)(=O)N1C[C@H](CCCB(O)O)[C@](N)(C(=O)O)C1. The summed E-state index contributed by atoms with van der Waals surface area (Å²) in [4.78, 5) is 11.8. The number of nitrogens with one attached hydrogen (secondary N) is 1. The second-order valence-corrected chi connectivity index (χ2v) is 9.91. The van der Waals surface area contributed by atoms with Crippen molar-refractivity contribution >= 4 is 23.3 Å². The summed E-state index contributed by atoms with van der Waals surface area (Å²) in [6.45, 7) is 5.11. The average molecular weight is 406 g/mol. The number of hydrogen-bond donors (Lipinski definition) is 5. The molecular weight excluding hydrogens is 375 g/mol. The van der Waals surface area contributed by atoms with Crippen molar-refractivity contribution in [2.24, 2.45) is 17.6 Å². The van der Waals surface area contributed by atoms with Crippen LogP contribution in [0.15, 0.2) is 0 Å². The first-order valence-corrected chi connectivity index (χ1v) is 10.7. The number of rotatable bonds is 10. The van der Waals surface area contributed by atoms with Gasteiger partial charge in [0.2, 0.25) is 0 Å². The lowest BCUT2D eigenvalue weighted by Crippen LogP contribution is -2.62. The smallest absolute Gasteiger partial charge is 0.451 e. The third kappa shape index (κ3) is 5.00. The molecule has 2 aliphatic rings. The average Bonchev–Trinajstić information content (AvgIpc) is 2.83. The van der Waals surface area contributed by atoms with Gasteiger partial charge in [0.25, 0.3) is 10.2 Å². The number of hydrogen-bond acceptors (Lipinski definition) is 7. The van der Waals surface area contributed by atoms with Gasteiger partial charge >= 0.3 is 13.1 Å². The molecule has 2 aliphatic heterocycles. The molecule has 0 aromatic rings.